The lowest BCUT2D eigenvalue weighted by Gasteiger charge is -2.16. The fourth-order valence-corrected chi connectivity index (χ4v) is 6.08. The van der Waals surface area contributed by atoms with Crippen molar-refractivity contribution in [3.63, 3.8) is 0 Å². The van der Waals surface area contributed by atoms with E-state index in [-0.39, 0.29) is 23.5 Å². The minimum Gasteiger partial charge on any atom is -0.497 e. The lowest BCUT2D eigenvalue weighted by molar-refractivity contribution is -0.274. The summed E-state index contributed by atoms with van der Waals surface area (Å²) < 4.78 is 50.2. The predicted molar refractivity (Wildman–Crippen MR) is 175 cm³/mol. The molecule has 1 atom stereocenters. The maximum Gasteiger partial charge on any atom is 0.573 e. The van der Waals surface area contributed by atoms with Crippen LogP contribution in [0.1, 0.15) is 56.4 Å². The Kier molecular flexibility index (Phi) is 10.3. The quantitative estimate of drug-likeness (QED) is 0.142. The highest BCUT2D eigenvalue weighted by Crippen LogP contribution is 2.28. The number of alkyl halides is 3. The number of thiazole rings is 1. The van der Waals surface area contributed by atoms with Gasteiger partial charge in [-0.2, -0.15) is 4.99 Å². The number of halogens is 3. The van der Waals surface area contributed by atoms with Gasteiger partial charge in [0.2, 0.25) is 5.91 Å². The second-order valence-electron chi connectivity index (χ2n) is 11.7. The van der Waals surface area contributed by atoms with E-state index in [4.69, 9.17) is 4.74 Å². The average Bonchev–Trinajstić information content (AvgIpc) is 3.66. The third-order valence-electron chi connectivity index (χ3n) is 7.68. The summed E-state index contributed by atoms with van der Waals surface area (Å²) in [5.74, 6) is 1.23. The zero-order valence-corrected chi connectivity index (χ0v) is 27.6. The lowest BCUT2D eigenvalue weighted by atomic mass is 9.97. The minimum absolute atomic E-state index is 0.137. The summed E-state index contributed by atoms with van der Waals surface area (Å²) in [4.78, 5) is 22.6. The molecule has 5 aromatic rings. The number of benzene rings is 3. The van der Waals surface area contributed by atoms with Crippen molar-refractivity contribution in [2.45, 2.75) is 59.2 Å². The van der Waals surface area contributed by atoms with Gasteiger partial charge in [-0.25, -0.2) is 9.67 Å². The number of nitrogens with zero attached hydrogens (tertiary/aromatic N) is 5. The topological polar surface area (TPSA) is 83.5 Å². The first-order valence-corrected chi connectivity index (χ1v) is 16.1. The number of amides is 1. The fraction of sp³-hybridized carbons (Fsp3) is 0.314. The molecule has 0 spiro atoms. The van der Waals surface area contributed by atoms with Crippen molar-refractivity contribution in [2.24, 2.45) is 10.9 Å². The van der Waals surface area contributed by atoms with E-state index in [1.54, 1.807) is 7.11 Å². The molecule has 12 heteroatoms. The monoisotopic (exact) mass is 663 g/mol. The van der Waals surface area contributed by atoms with Gasteiger partial charge in [0, 0.05) is 23.1 Å². The first-order chi connectivity index (χ1) is 22.4. The number of ether oxygens (including phenoxy) is 2. The van der Waals surface area contributed by atoms with Crippen LogP contribution in [0.25, 0.3) is 22.8 Å². The molecule has 2 aromatic heterocycles. The highest BCUT2D eigenvalue weighted by Gasteiger charge is 2.31. The van der Waals surface area contributed by atoms with Crippen molar-refractivity contribution in [2.75, 3.05) is 7.11 Å². The maximum atomic E-state index is 13.1. The Bertz CT molecular complexity index is 1890. The number of methoxy groups -OCH3 is 1. The van der Waals surface area contributed by atoms with Crippen molar-refractivity contribution in [3.8, 4) is 34.3 Å². The van der Waals surface area contributed by atoms with Gasteiger partial charge in [0.1, 0.15) is 17.8 Å². The molecule has 3 aromatic carbocycles. The largest absolute Gasteiger partial charge is 0.573 e. The van der Waals surface area contributed by atoms with Crippen LogP contribution in [0.15, 0.2) is 83.4 Å². The highest BCUT2D eigenvalue weighted by atomic mass is 32.1. The molecule has 246 valence electrons. The molecule has 8 nitrogen and oxygen atoms in total. The normalized spacial score (nSPS) is 12.8. The van der Waals surface area contributed by atoms with Crippen LogP contribution in [0.4, 0.5) is 13.2 Å². The molecule has 0 aliphatic carbocycles. The van der Waals surface area contributed by atoms with Gasteiger partial charge >= 0.3 is 6.36 Å². The van der Waals surface area contributed by atoms with Crippen molar-refractivity contribution in [3.05, 3.63) is 100 Å². The SMILES string of the molecule is COc1ccc(-n2c(C)csc2=NC(=O)CC(C)CCc2ccc(-c3ncn(-c4ccc(OC(F)(F)F)cc4)n3)cc2)c(C(C)C)c1. The van der Waals surface area contributed by atoms with Gasteiger partial charge in [0.15, 0.2) is 10.6 Å². The number of aromatic nitrogens is 4. The summed E-state index contributed by atoms with van der Waals surface area (Å²) in [6, 6.07) is 19.3. The van der Waals surface area contributed by atoms with Crippen LogP contribution in [0.3, 0.4) is 0 Å². The molecule has 0 bridgehead atoms. The van der Waals surface area contributed by atoms with Crippen LogP contribution in [-0.2, 0) is 11.2 Å². The third-order valence-corrected chi connectivity index (χ3v) is 8.63. The zero-order chi connectivity index (χ0) is 33.7. The Morgan fingerprint density at radius 3 is 2.36 bits per heavy atom. The summed E-state index contributed by atoms with van der Waals surface area (Å²) in [6.07, 6.45) is -1.28. The van der Waals surface area contributed by atoms with Crippen LogP contribution in [0.5, 0.6) is 11.5 Å². The number of carbonyl (C=O) groups is 1. The van der Waals surface area contributed by atoms with Crippen molar-refractivity contribution < 1.29 is 27.4 Å². The lowest BCUT2D eigenvalue weighted by Crippen LogP contribution is -2.19. The molecule has 1 amide bonds. The third kappa shape index (κ3) is 8.56. The van der Waals surface area contributed by atoms with E-state index in [0.29, 0.717) is 22.7 Å². The molecule has 0 fully saturated rings. The van der Waals surface area contributed by atoms with Crippen LogP contribution in [0.2, 0.25) is 0 Å². The van der Waals surface area contributed by atoms with Gasteiger partial charge < -0.3 is 9.47 Å². The number of carbonyl (C=O) groups excluding carboxylic acids is 1. The van der Waals surface area contributed by atoms with Gasteiger partial charge in [-0.1, -0.05) is 45.0 Å². The van der Waals surface area contributed by atoms with Gasteiger partial charge in [-0.3, -0.25) is 9.36 Å². The molecule has 2 heterocycles. The molecule has 0 saturated carbocycles. The zero-order valence-electron chi connectivity index (χ0n) is 26.8. The molecule has 1 unspecified atom stereocenters. The van der Waals surface area contributed by atoms with Crippen LogP contribution >= 0.6 is 11.3 Å². The number of hydrogen-bond acceptors (Lipinski definition) is 6. The first kappa shape index (κ1) is 33.6. The molecule has 0 aliphatic rings. The van der Waals surface area contributed by atoms with E-state index in [1.165, 1.54) is 46.6 Å². The Balaban J connectivity index is 1.19. The Labute approximate surface area is 275 Å². The minimum atomic E-state index is -4.75. The molecule has 47 heavy (non-hydrogen) atoms. The van der Waals surface area contributed by atoms with E-state index in [1.807, 2.05) is 59.3 Å². The molecule has 0 N–H and O–H groups in total. The number of aryl methyl sites for hydroxylation is 2. The summed E-state index contributed by atoms with van der Waals surface area (Å²) >= 11 is 1.46. The first-order valence-electron chi connectivity index (χ1n) is 15.2. The van der Waals surface area contributed by atoms with Gasteiger partial charge in [-0.15, -0.1) is 29.6 Å². The second-order valence-corrected chi connectivity index (χ2v) is 12.5. The molecular formula is C35H36F3N5O3S. The highest BCUT2D eigenvalue weighted by molar-refractivity contribution is 7.07. The van der Waals surface area contributed by atoms with Crippen molar-refractivity contribution in [1.29, 1.82) is 0 Å². The van der Waals surface area contributed by atoms with E-state index in [0.717, 1.165) is 46.7 Å². The van der Waals surface area contributed by atoms with Gasteiger partial charge in [-0.05, 0) is 85.2 Å². The maximum absolute atomic E-state index is 13.1. The van der Waals surface area contributed by atoms with Gasteiger partial charge in [0.05, 0.1) is 18.5 Å². The summed E-state index contributed by atoms with van der Waals surface area (Å²) in [6.45, 7) is 8.35. The van der Waals surface area contributed by atoms with Crippen LogP contribution in [0, 0.1) is 12.8 Å². The molecule has 0 radical (unpaired) electrons. The van der Waals surface area contributed by atoms with Crippen LogP contribution in [-0.4, -0.2) is 38.7 Å². The van der Waals surface area contributed by atoms with Crippen molar-refractivity contribution >= 4 is 17.2 Å². The van der Waals surface area contributed by atoms with E-state index in [2.05, 4.69) is 40.6 Å². The molecule has 0 aliphatic heterocycles. The van der Waals surface area contributed by atoms with E-state index >= 15 is 0 Å². The van der Waals surface area contributed by atoms with E-state index in [9.17, 15) is 18.0 Å². The summed E-state index contributed by atoms with van der Waals surface area (Å²) in [5.41, 5.74) is 5.62. The molecular weight excluding hydrogens is 627 g/mol. The summed E-state index contributed by atoms with van der Waals surface area (Å²) in [7, 11) is 1.66. The van der Waals surface area contributed by atoms with Crippen LogP contribution < -0.4 is 14.3 Å². The Hall–Kier alpha value is -4.71. The molecule has 0 saturated heterocycles. The Morgan fingerprint density at radius 1 is 1.00 bits per heavy atom. The second kappa shape index (κ2) is 14.4. The average molecular weight is 664 g/mol. The molecule has 5 rings (SSSR count). The predicted octanol–water partition coefficient (Wildman–Crippen LogP) is 8.21. The standard InChI is InChI=1S/C35H36F3N5O3S/c1-22(2)30-19-29(45-5)16-17-31(30)43-24(4)20-47-34(43)40-32(44)18-23(3)6-7-25-8-10-26(11-9-25)33-39-21-42(41-33)27-12-14-28(15-13-27)46-35(36,37)38/h8-17,19-23H,6-7,18H2,1-5H3. The van der Waals surface area contributed by atoms with E-state index < -0.39 is 6.36 Å². The smallest absolute Gasteiger partial charge is 0.497 e. The summed E-state index contributed by atoms with van der Waals surface area (Å²) in [5, 5.41) is 6.48. The van der Waals surface area contributed by atoms with Crippen molar-refractivity contribution in [1.82, 2.24) is 19.3 Å². The van der Waals surface area contributed by atoms with Gasteiger partial charge in [0.25, 0.3) is 0 Å². The number of rotatable bonds is 11. The number of hydrogen-bond donors (Lipinski definition) is 0. The Morgan fingerprint density at radius 2 is 1.70 bits per heavy atom. The fourth-order valence-electron chi connectivity index (χ4n) is 5.20.